The van der Waals surface area contributed by atoms with E-state index in [9.17, 15) is 5.11 Å². The SMILES string of the molecule is Cn1cc(C#Cc2cnc3cccc(N4CCC5(CCNC5O)CC4)n23)cn1. The first-order valence-electron chi connectivity index (χ1n) is 9.78. The number of rotatable bonds is 1. The van der Waals surface area contributed by atoms with Gasteiger partial charge in [-0.25, -0.2) is 4.98 Å². The number of anilines is 1. The summed E-state index contributed by atoms with van der Waals surface area (Å²) in [6.07, 6.45) is 8.16. The maximum atomic E-state index is 10.4. The molecule has 144 valence electrons. The molecule has 1 spiro atoms. The first-order chi connectivity index (χ1) is 13.6. The Hall–Kier alpha value is -2.82. The van der Waals surface area contributed by atoms with Crippen LogP contribution in [0.4, 0.5) is 5.82 Å². The zero-order valence-corrected chi connectivity index (χ0v) is 16.0. The zero-order valence-electron chi connectivity index (χ0n) is 16.0. The Morgan fingerprint density at radius 3 is 2.75 bits per heavy atom. The van der Waals surface area contributed by atoms with Crippen LogP contribution >= 0.6 is 0 Å². The molecule has 0 radical (unpaired) electrons. The Bertz CT molecular complexity index is 1060. The standard InChI is InChI=1S/C21H24N6O/c1-25-15-16(13-24-25)5-6-17-14-23-18-3-2-4-19(27(17)18)26-11-8-21(9-12-26)7-10-22-20(21)28/h2-4,13-15,20,22,28H,7-12H2,1H3. The summed E-state index contributed by atoms with van der Waals surface area (Å²) in [5.41, 5.74) is 2.69. The molecule has 28 heavy (non-hydrogen) atoms. The van der Waals surface area contributed by atoms with Gasteiger partial charge in [0.05, 0.1) is 18.0 Å². The van der Waals surface area contributed by atoms with Crippen molar-refractivity contribution in [3.05, 3.63) is 48.0 Å². The molecule has 0 saturated carbocycles. The summed E-state index contributed by atoms with van der Waals surface area (Å²) in [6.45, 7) is 2.75. The van der Waals surface area contributed by atoms with Crippen LogP contribution in [0.15, 0.2) is 36.8 Å². The van der Waals surface area contributed by atoms with Gasteiger partial charge in [-0.1, -0.05) is 12.0 Å². The van der Waals surface area contributed by atoms with Crippen molar-refractivity contribution >= 4 is 11.5 Å². The third-order valence-corrected chi connectivity index (χ3v) is 6.17. The number of pyridine rings is 1. The maximum Gasteiger partial charge on any atom is 0.139 e. The highest BCUT2D eigenvalue weighted by molar-refractivity contribution is 5.56. The average Bonchev–Trinajstić information content (AvgIpc) is 3.41. The monoisotopic (exact) mass is 376 g/mol. The van der Waals surface area contributed by atoms with E-state index in [-0.39, 0.29) is 11.6 Å². The van der Waals surface area contributed by atoms with Crippen LogP contribution in [0, 0.1) is 17.3 Å². The molecule has 5 heterocycles. The van der Waals surface area contributed by atoms with Crippen molar-refractivity contribution in [3.8, 4) is 11.8 Å². The van der Waals surface area contributed by atoms with Gasteiger partial charge in [-0.2, -0.15) is 5.10 Å². The van der Waals surface area contributed by atoms with E-state index in [0.29, 0.717) is 0 Å². The molecule has 2 fully saturated rings. The quantitative estimate of drug-likeness (QED) is 0.628. The van der Waals surface area contributed by atoms with Gasteiger partial charge in [0.25, 0.3) is 0 Å². The summed E-state index contributed by atoms with van der Waals surface area (Å²) in [5.74, 6) is 7.55. The smallest absolute Gasteiger partial charge is 0.139 e. The number of aliphatic hydroxyl groups is 1. The van der Waals surface area contributed by atoms with E-state index in [2.05, 4.69) is 42.6 Å². The van der Waals surface area contributed by atoms with Gasteiger partial charge in [0, 0.05) is 31.7 Å². The third kappa shape index (κ3) is 2.86. The van der Waals surface area contributed by atoms with E-state index >= 15 is 0 Å². The molecule has 0 aliphatic carbocycles. The largest absolute Gasteiger partial charge is 0.378 e. The van der Waals surface area contributed by atoms with Gasteiger partial charge in [0.2, 0.25) is 0 Å². The lowest BCUT2D eigenvalue weighted by atomic mass is 9.76. The third-order valence-electron chi connectivity index (χ3n) is 6.17. The summed E-state index contributed by atoms with van der Waals surface area (Å²) in [7, 11) is 1.89. The summed E-state index contributed by atoms with van der Waals surface area (Å²) in [4.78, 5) is 6.93. The molecule has 0 amide bonds. The van der Waals surface area contributed by atoms with Crippen LogP contribution in [0.2, 0.25) is 0 Å². The number of fused-ring (bicyclic) bond motifs is 1. The number of piperidine rings is 1. The molecule has 2 N–H and O–H groups in total. The van der Waals surface area contributed by atoms with Gasteiger partial charge in [0.15, 0.2) is 0 Å². The maximum absolute atomic E-state index is 10.4. The first-order valence-corrected chi connectivity index (χ1v) is 9.78. The highest BCUT2D eigenvalue weighted by Crippen LogP contribution is 2.41. The molecule has 3 aromatic heterocycles. The number of hydrogen-bond acceptors (Lipinski definition) is 5. The molecule has 1 atom stereocenters. The lowest BCUT2D eigenvalue weighted by Gasteiger charge is -2.41. The minimum Gasteiger partial charge on any atom is -0.378 e. The fraction of sp³-hybridized carbons (Fsp3) is 0.429. The highest BCUT2D eigenvalue weighted by atomic mass is 16.3. The molecule has 0 aromatic carbocycles. The molecule has 7 nitrogen and oxygen atoms in total. The number of hydrogen-bond donors (Lipinski definition) is 2. The van der Waals surface area contributed by atoms with Crippen molar-refractivity contribution in [2.45, 2.75) is 25.5 Å². The van der Waals surface area contributed by atoms with Crippen molar-refractivity contribution in [3.63, 3.8) is 0 Å². The molecule has 2 saturated heterocycles. The molecular weight excluding hydrogens is 352 g/mol. The number of nitrogens with zero attached hydrogens (tertiary/aromatic N) is 5. The van der Waals surface area contributed by atoms with Gasteiger partial charge in [-0.15, -0.1) is 0 Å². The van der Waals surface area contributed by atoms with E-state index in [1.54, 1.807) is 10.9 Å². The molecule has 2 aliphatic heterocycles. The van der Waals surface area contributed by atoms with Crippen molar-refractivity contribution < 1.29 is 5.11 Å². The van der Waals surface area contributed by atoms with Crippen LogP contribution < -0.4 is 10.2 Å². The number of aliphatic hydroxyl groups excluding tert-OH is 1. The normalized spacial score (nSPS) is 21.2. The predicted octanol–water partition coefficient (Wildman–Crippen LogP) is 1.37. The summed E-state index contributed by atoms with van der Waals surface area (Å²) in [5, 5.41) is 17.7. The van der Waals surface area contributed by atoms with Crippen LogP contribution in [-0.4, -0.2) is 50.1 Å². The van der Waals surface area contributed by atoms with Gasteiger partial charge in [-0.3, -0.25) is 14.4 Å². The van der Waals surface area contributed by atoms with E-state index < -0.39 is 0 Å². The first kappa shape index (κ1) is 17.3. The number of imidazole rings is 1. The lowest BCUT2D eigenvalue weighted by Crippen LogP contribution is -2.46. The zero-order chi connectivity index (χ0) is 19.1. The minimum atomic E-state index is -0.375. The van der Waals surface area contributed by atoms with Crippen LogP contribution in [-0.2, 0) is 7.05 Å². The summed E-state index contributed by atoms with van der Waals surface area (Å²) in [6, 6.07) is 6.19. The Labute approximate surface area is 164 Å². The summed E-state index contributed by atoms with van der Waals surface area (Å²) >= 11 is 0. The van der Waals surface area contributed by atoms with Crippen LogP contribution in [0.1, 0.15) is 30.5 Å². The van der Waals surface area contributed by atoms with Crippen molar-refractivity contribution in [2.75, 3.05) is 24.5 Å². The second kappa shape index (κ2) is 6.66. The van der Waals surface area contributed by atoms with Gasteiger partial charge >= 0.3 is 0 Å². The minimum absolute atomic E-state index is 0.0300. The Kier molecular flexibility index (Phi) is 4.11. The molecule has 0 bridgehead atoms. The number of nitrogens with one attached hydrogen (secondary N) is 1. The Morgan fingerprint density at radius 2 is 2.04 bits per heavy atom. The second-order valence-electron chi connectivity index (χ2n) is 7.83. The van der Waals surface area contributed by atoms with E-state index in [1.807, 2.05) is 31.6 Å². The highest BCUT2D eigenvalue weighted by Gasteiger charge is 2.44. The molecule has 5 rings (SSSR count). The van der Waals surface area contributed by atoms with E-state index in [1.165, 1.54) is 0 Å². The summed E-state index contributed by atoms with van der Waals surface area (Å²) < 4.78 is 3.88. The van der Waals surface area contributed by atoms with Gasteiger partial charge < -0.3 is 10.0 Å². The topological polar surface area (TPSA) is 70.6 Å². The number of aryl methyl sites for hydroxylation is 1. The van der Waals surface area contributed by atoms with Crippen LogP contribution in [0.5, 0.6) is 0 Å². The molecule has 1 unspecified atom stereocenters. The molecule has 3 aromatic rings. The predicted molar refractivity (Wildman–Crippen MR) is 107 cm³/mol. The van der Waals surface area contributed by atoms with Crippen molar-refractivity contribution in [1.29, 1.82) is 0 Å². The molecular formula is C21H24N6O. The van der Waals surface area contributed by atoms with E-state index in [4.69, 9.17) is 0 Å². The van der Waals surface area contributed by atoms with Crippen LogP contribution in [0.25, 0.3) is 5.65 Å². The Balaban J connectivity index is 1.46. The molecule has 2 aliphatic rings. The molecule has 7 heteroatoms. The van der Waals surface area contributed by atoms with Crippen molar-refractivity contribution in [2.24, 2.45) is 12.5 Å². The fourth-order valence-electron chi connectivity index (χ4n) is 4.49. The van der Waals surface area contributed by atoms with Crippen LogP contribution in [0.3, 0.4) is 0 Å². The number of aromatic nitrogens is 4. The average molecular weight is 376 g/mol. The van der Waals surface area contributed by atoms with Gasteiger partial charge in [0.1, 0.15) is 23.4 Å². The Morgan fingerprint density at radius 1 is 1.18 bits per heavy atom. The van der Waals surface area contributed by atoms with E-state index in [0.717, 1.165) is 61.6 Å². The van der Waals surface area contributed by atoms with Gasteiger partial charge in [-0.05, 0) is 43.9 Å². The van der Waals surface area contributed by atoms with Crippen molar-refractivity contribution in [1.82, 2.24) is 24.5 Å². The second-order valence-corrected chi connectivity index (χ2v) is 7.83. The lowest BCUT2D eigenvalue weighted by molar-refractivity contribution is 0.0196. The fourth-order valence-corrected chi connectivity index (χ4v) is 4.49.